The fraction of sp³-hybridized carbons (Fsp3) is 0.250. The summed E-state index contributed by atoms with van der Waals surface area (Å²) in [5, 5.41) is 9.97. The van der Waals surface area contributed by atoms with E-state index in [0.717, 1.165) is 6.07 Å². The van der Waals surface area contributed by atoms with Crippen molar-refractivity contribution in [1.29, 1.82) is 0 Å². The van der Waals surface area contributed by atoms with E-state index in [9.17, 15) is 18.3 Å². The number of benzene rings is 1. The van der Waals surface area contributed by atoms with Crippen molar-refractivity contribution in [2.75, 3.05) is 0 Å². The molecule has 0 saturated carbocycles. The highest BCUT2D eigenvalue weighted by molar-refractivity contribution is 5.35. The first-order valence-electron chi connectivity index (χ1n) is 5.21. The van der Waals surface area contributed by atoms with Gasteiger partial charge in [0.1, 0.15) is 6.10 Å². The van der Waals surface area contributed by atoms with Crippen LogP contribution in [0, 0.1) is 0 Å². The summed E-state index contributed by atoms with van der Waals surface area (Å²) in [7, 11) is 1.68. The first kappa shape index (κ1) is 12.6. The van der Waals surface area contributed by atoms with Crippen LogP contribution in [0.15, 0.2) is 36.8 Å². The van der Waals surface area contributed by atoms with Crippen LogP contribution in [0.1, 0.15) is 22.9 Å². The highest BCUT2D eigenvalue weighted by Gasteiger charge is 2.35. The van der Waals surface area contributed by atoms with Gasteiger partial charge in [0, 0.05) is 13.2 Å². The number of halogens is 3. The molecule has 1 N–H and O–H groups in total. The van der Waals surface area contributed by atoms with Crippen LogP contribution in [0.5, 0.6) is 0 Å². The van der Waals surface area contributed by atoms with Gasteiger partial charge in [0.15, 0.2) is 0 Å². The Morgan fingerprint density at radius 1 is 1.28 bits per heavy atom. The molecule has 3 nitrogen and oxygen atoms in total. The number of nitrogens with zero attached hydrogens (tertiary/aromatic N) is 2. The Hall–Kier alpha value is -1.82. The van der Waals surface area contributed by atoms with Crippen LogP contribution in [0.3, 0.4) is 0 Å². The molecule has 0 amide bonds. The monoisotopic (exact) mass is 256 g/mol. The lowest BCUT2D eigenvalue weighted by atomic mass is 10.0. The first-order valence-corrected chi connectivity index (χ1v) is 5.21. The molecule has 1 unspecified atom stereocenters. The molecule has 0 bridgehead atoms. The third-order valence-corrected chi connectivity index (χ3v) is 2.57. The Bertz CT molecular complexity index is 548. The van der Waals surface area contributed by atoms with Crippen molar-refractivity contribution >= 4 is 0 Å². The molecular weight excluding hydrogens is 245 g/mol. The normalized spacial score (nSPS) is 13.6. The molecule has 2 rings (SSSR count). The predicted octanol–water partition coefficient (Wildman–Crippen LogP) is 2.52. The Kier molecular flexibility index (Phi) is 3.13. The summed E-state index contributed by atoms with van der Waals surface area (Å²) in [6.07, 6.45) is -2.97. The number of hydrogen-bond acceptors (Lipinski definition) is 2. The zero-order chi connectivity index (χ0) is 13.3. The maximum absolute atomic E-state index is 12.8. The average Bonchev–Trinajstić information content (AvgIpc) is 2.74. The number of aryl methyl sites for hydroxylation is 1. The van der Waals surface area contributed by atoms with Crippen molar-refractivity contribution in [3.63, 3.8) is 0 Å². The second-order valence-corrected chi connectivity index (χ2v) is 3.95. The molecule has 0 radical (unpaired) electrons. The molecule has 2 aromatic rings. The van der Waals surface area contributed by atoms with Gasteiger partial charge in [-0.05, 0) is 11.6 Å². The van der Waals surface area contributed by atoms with Gasteiger partial charge in [0.05, 0.1) is 17.6 Å². The number of imidazole rings is 1. The standard InChI is InChI=1S/C12H11F3N2O/c1-17-6-10(16-7-17)11(18)8-4-2-3-5-9(8)12(13,14)15/h2-7,11,18H,1H3. The third-order valence-electron chi connectivity index (χ3n) is 2.57. The topological polar surface area (TPSA) is 38.0 Å². The lowest BCUT2D eigenvalue weighted by Crippen LogP contribution is -2.12. The number of rotatable bonds is 2. The van der Waals surface area contributed by atoms with Crippen molar-refractivity contribution in [2.24, 2.45) is 7.05 Å². The second-order valence-electron chi connectivity index (χ2n) is 3.95. The van der Waals surface area contributed by atoms with Crippen LogP contribution < -0.4 is 0 Å². The minimum Gasteiger partial charge on any atom is -0.382 e. The number of hydrogen-bond donors (Lipinski definition) is 1. The van der Waals surface area contributed by atoms with E-state index in [-0.39, 0.29) is 11.3 Å². The van der Waals surface area contributed by atoms with Crippen molar-refractivity contribution in [3.8, 4) is 0 Å². The Balaban J connectivity index is 2.45. The van der Waals surface area contributed by atoms with E-state index in [2.05, 4.69) is 4.98 Å². The molecule has 6 heteroatoms. The van der Waals surface area contributed by atoms with Crippen LogP contribution in [0.4, 0.5) is 13.2 Å². The molecule has 0 saturated heterocycles. The zero-order valence-electron chi connectivity index (χ0n) is 9.52. The van der Waals surface area contributed by atoms with Gasteiger partial charge in [-0.3, -0.25) is 0 Å². The van der Waals surface area contributed by atoms with E-state index >= 15 is 0 Å². The Labute approximate surface area is 102 Å². The van der Waals surface area contributed by atoms with E-state index in [1.807, 2.05) is 0 Å². The van der Waals surface area contributed by atoms with Crippen molar-refractivity contribution in [3.05, 3.63) is 53.6 Å². The molecule has 1 heterocycles. The van der Waals surface area contributed by atoms with Gasteiger partial charge in [0.25, 0.3) is 0 Å². The molecular formula is C12H11F3N2O. The highest BCUT2D eigenvalue weighted by atomic mass is 19.4. The van der Waals surface area contributed by atoms with Crippen molar-refractivity contribution < 1.29 is 18.3 Å². The lowest BCUT2D eigenvalue weighted by Gasteiger charge is -2.15. The number of aromatic nitrogens is 2. The van der Waals surface area contributed by atoms with E-state index in [1.165, 1.54) is 30.7 Å². The first-order chi connectivity index (χ1) is 8.39. The van der Waals surface area contributed by atoms with Crippen LogP contribution in [0.25, 0.3) is 0 Å². The number of aliphatic hydroxyl groups excluding tert-OH is 1. The maximum Gasteiger partial charge on any atom is 0.416 e. The molecule has 0 fully saturated rings. The number of alkyl halides is 3. The van der Waals surface area contributed by atoms with Gasteiger partial charge in [-0.15, -0.1) is 0 Å². The van der Waals surface area contributed by atoms with Gasteiger partial charge >= 0.3 is 6.18 Å². The van der Waals surface area contributed by atoms with Crippen LogP contribution >= 0.6 is 0 Å². The second kappa shape index (κ2) is 4.45. The van der Waals surface area contributed by atoms with Gasteiger partial charge in [-0.2, -0.15) is 13.2 Å². The maximum atomic E-state index is 12.8. The fourth-order valence-electron chi connectivity index (χ4n) is 1.73. The Morgan fingerprint density at radius 2 is 1.94 bits per heavy atom. The summed E-state index contributed by atoms with van der Waals surface area (Å²) in [5.74, 6) is 0. The third kappa shape index (κ3) is 2.38. The summed E-state index contributed by atoms with van der Waals surface area (Å²) in [5.41, 5.74) is -0.846. The van der Waals surface area contributed by atoms with Crippen molar-refractivity contribution in [1.82, 2.24) is 9.55 Å². The molecule has 18 heavy (non-hydrogen) atoms. The van der Waals surface area contributed by atoms with Crippen LogP contribution in [-0.2, 0) is 13.2 Å². The zero-order valence-corrected chi connectivity index (χ0v) is 9.52. The van der Waals surface area contributed by atoms with Crippen LogP contribution in [0.2, 0.25) is 0 Å². The summed E-state index contributed by atoms with van der Waals surface area (Å²) in [4.78, 5) is 3.86. The molecule has 0 aliphatic heterocycles. The summed E-state index contributed by atoms with van der Waals surface area (Å²) in [6.45, 7) is 0. The van der Waals surface area contributed by atoms with E-state index in [0.29, 0.717) is 0 Å². The van der Waals surface area contributed by atoms with Crippen molar-refractivity contribution in [2.45, 2.75) is 12.3 Å². The smallest absolute Gasteiger partial charge is 0.382 e. The summed E-state index contributed by atoms with van der Waals surface area (Å²) in [6, 6.07) is 4.94. The largest absolute Gasteiger partial charge is 0.416 e. The van der Waals surface area contributed by atoms with Gasteiger partial charge in [0.2, 0.25) is 0 Å². The molecule has 0 aliphatic carbocycles. The molecule has 0 spiro atoms. The molecule has 1 aromatic carbocycles. The van der Waals surface area contributed by atoms with E-state index < -0.39 is 17.8 Å². The summed E-state index contributed by atoms with van der Waals surface area (Å²) >= 11 is 0. The number of aliphatic hydroxyl groups is 1. The fourth-order valence-corrected chi connectivity index (χ4v) is 1.73. The predicted molar refractivity (Wildman–Crippen MR) is 58.7 cm³/mol. The van der Waals surface area contributed by atoms with Crippen LogP contribution in [-0.4, -0.2) is 14.7 Å². The molecule has 0 aliphatic rings. The van der Waals surface area contributed by atoms with E-state index in [4.69, 9.17) is 0 Å². The highest BCUT2D eigenvalue weighted by Crippen LogP contribution is 2.35. The average molecular weight is 256 g/mol. The minimum absolute atomic E-state index is 0.189. The van der Waals surface area contributed by atoms with Gasteiger partial charge < -0.3 is 9.67 Å². The molecule has 1 aromatic heterocycles. The molecule has 1 atom stereocenters. The minimum atomic E-state index is -4.49. The van der Waals surface area contributed by atoms with E-state index in [1.54, 1.807) is 11.6 Å². The molecule has 96 valence electrons. The Morgan fingerprint density at radius 3 is 2.50 bits per heavy atom. The van der Waals surface area contributed by atoms with Gasteiger partial charge in [-0.1, -0.05) is 18.2 Å². The van der Waals surface area contributed by atoms with Gasteiger partial charge in [-0.25, -0.2) is 4.98 Å². The SMILES string of the molecule is Cn1cnc(C(O)c2ccccc2C(F)(F)F)c1. The summed E-state index contributed by atoms with van der Waals surface area (Å²) < 4.78 is 39.9. The quantitative estimate of drug-likeness (QED) is 0.896. The lowest BCUT2D eigenvalue weighted by molar-refractivity contribution is -0.139.